The molecular formula is C22H28N2O4. The molecule has 6 nitrogen and oxygen atoms in total. The van der Waals surface area contributed by atoms with E-state index < -0.39 is 11.7 Å². The molecule has 2 rings (SSSR count). The van der Waals surface area contributed by atoms with Gasteiger partial charge in [0, 0.05) is 24.8 Å². The van der Waals surface area contributed by atoms with E-state index in [1.807, 2.05) is 31.2 Å². The first-order chi connectivity index (χ1) is 13.2. The zero-order valence-corrected chi connectivity index (χ0v) is 17.1. The maximum atomic E-state index is 12.7. The van der Waals surface area contributed by atoms with E-state index in [1.165, 1.54) is 0 Å². The third-order valence-corrected chi connectivity index (χ3v) is 3.76. The van der Waals surface area contributed by atoms with E-state index in [4.69, 9.17) is 9.47 Å². The summed E-state index contributed by atoms with van der Waals surface area (Å²) in [5, 5.41) is 2.65. The molecule has 0 unspecified atom stereocenters. The molecule has 6 heteroatoms. The lowest BCUT2D eigenvalue weighted by Crippen LogP contribution is -2.28. The molecule has 0 atom stereocenters. The second kappa shape index (κ2) is 9.26. The van der Waals surface area contributed by atoms with E-state index in [1.54, 1.807) is 57.0 Å². The smallest absolute Gasteiger partial charge is 0.412 e. The third-order valence-electron chi connectivity index (χ3n) is 3.76. The first-order valence-corrected chi connectivity index (χ1v) is 9.25. The highest BCUT2D eigenvalue weighted by Crippen LogP contribution is 2.17. The van der Waals surface area contributed by atoms with Crippen molar-refractivity contribution in [2.45, 2.75) is 39.8 Å². The summed E-state index contributed by atoms with van der Waals surface area (Å²) < 4.78 is 10.7. The van der Waals surface area contributed by atoms with Gasteiger partial charge in [-0.25, -0.2) is 4.79 Å². The number of nitrogens with one attached hydrogen (secondary N) is 1. The molecule has 2 aromatic rings. The molecule has 2 aromatic carbocycles. The second-order valence-electron chi connectivity index (χ2n) is 7.45. The Morgan fingerprint density at radius 3 is 2.36 bits per heavy atom. The van der Waals surface area contributed by atoms with Gasteiger partial charge in [-0.2, -0.15) is 0 Å². The van der Waals surface area contributed by atoms with E-state index in [-0.39, 0.29) is 5.91 Å². The number of amides is 2. The Hall–Kier alpha value is -3.02. The van der Waals surface area contributed by atoms with Gasteiger partial charge >= 0.3 is 6.09 Å². The van der Waals surface area contributed by atoms with Crippen molar-refractivity contribution in [1.82, 2.24) is 4.90 Å². The van der Waals surface area contributed by atoms with E-state index in [9.17, 15) is 9.59 Å². The Balaban J connectivity index is 2.01. The van der Waals surface area contributed by atoms with Crippen LogP contribution in [-0.2, 0) is 11.3 Å². The van der Waals surface area contributed by atoms with Crippen LogP contribution in [0.5, 0.6) is 5.75 Å². The first kappa shape index (κ1) is 21.3. The predicted molar refractivity (Wildman–Crippen MR) is 110 cm³/mol. The van der Waals surface area contributed by atoms with E-state index in [0.29, 0.717) is 24.4 Å². The number of benzene rings is 2. The molecule has 0 fully saturated rings. The molecule has 2 amide bonds. The van der Waals surface area contributed by atoms with Crippen LogP contribution in [0.15, 0.2) is 48.5 Å². The molecule has 1 N–H and O–H groups in total. The highest BCUT2D eigenvalue weighted by molar-refractivity contribution is 5.96. The summed E-state index contributed by atoms with van der Waals surface area (Å²) in [6, 6.07) is 14.5. The lowest BCUT2D eigenvalue weighted by molar-refractivity contribution is 0.0635. The van der Waals surface area contributed by atoms with Crippen LogP contribution in [0.4, 0.5) is 10.5 Å². The Labute approximate surface area is 166 Å². The third kappa shape index (κ3) is 6.61. The van der Waals surface area contributed by atoms with Gasteiger partial charge in [0.2, 0.25) is 0 Å². The Kier molecular flexibility index (Phi) is 7.04. The highest BCUT2D eigenvalue weighted by Gasteiger charge is 2.17. The van der Waals surface area contributed by atoms with Crippen molar-refractivity contribution < 1.29 is 19.1 Å². The van der Waals surface area contributed by atoms with Crippen molar-refractivity contribution in [2.75, 3.05) is 19.0 Å². The fourth-order valence-electron chi connectivity index (χ4n) is 2.58. The number of ether oxygens (including phenoxy) is 2. The van der Waals surface area contributed by atoms with Crippen LogP contribution >= 0.6 is 0 Å². The molecular weight excluding hydrogens is 356 g/mol. The SMILES string of the molecule is CCOc1ccc(CN(C)C(=O)c2cccc(NC(=O)OC(C)(C)C)c2)cc1. The normalized spacial score (nSPS) is 10.9. The van der Waals surface area contributed by atoms with Crippen molar-refractivity contribution >= 4 is 17.7 Å². The summed E-state index contributed by atoms with van der Waals surface area (Å²) in [7, 11) is 1.74. The highest BCUT2D eigenvalue weighted by atomic mass is 16.6. The van der Waals surface area contributed by atoms with Gasteiger partial charge in [-0.1, -0.05) is 18.2 Å². The van der Waals surface area contributed by atoms with Crippen LogP contribution in [0.2, 0.25) is 0 Å². The predicted octanol–water partition coefficient (Wildman–Crippen LogP) is 4.70. The lowest BCUT2D eigenvalue weighted by atomic mass is 10.1. The van der Waals surface area contributed by atoms with Gasteiger partial charge < -0.3 is 14.4 Å². The Bertz CT molecular complexity index is 810. The zero-order chi connectivity index (χ0) is 20.7. The summed E-state index contributed by atoms with van der Waals surface area (Å²) >= 11 is 0. The van der Waals surface area contributed by atoms with Gasteiger partial charge in [0.05, 0.1) is 6.61 Å². The number of hydrogen-bond acceptors (Lipinski definition) is 4. The minimum absolute atomic E-state index is 0.137. The van der Waals surface area contributed by atoms with Crippen molar-refractivity contribution in [2.24, 2.45) is 0 Å². The fourth-order valence-corrected chi connectivity index (χ4v) is 2.58. The van der Waals surface area contributed by atoms with Crippen LogP contribution in [0.1, 0.15) is 43.6 Å². The summed E-state index contributed by atoms with van der Waals surface area (Å²) in [6.07, 6.45) is -0.556. The van der Waals surface area contributed by atoms with Crippen LogP contribution in [0.3, 0.4) is 0 Å². The largest absolute Gasteiger partial charge is 0.494 e. The Morgan fingerprint density at radius 1 is 1.07 bits per heavy atom. The maximum Gasteiger partial charge on any atom is 0.412 e. The summed E-state index contributed by atoms with van der Waals surface area (Å²) in [4.78, 5) is 26.3. The van der Waals surface area contributed by atoms with Crippen LogP contribution in [0, 0.1) is 0 Å². The average molecular weight is 384 g/mol. The average Bonchev–Trinajstić information content (AvgIpc) is 2.61. The zero-order valence-electron chi connectivity index (χ0n) is 17.1. The summed E-state index contributed by atoms with van der Waals surface area (Å²) in [6.45, 7) is 8.40. The molecule has 0 radical (unpaired) electrons. The molecule has 0 heterocycles. The van der Waals surface area contributed by atoms with Crippen molar-refractivity contribution in [3.63, 3.8) is 0 Å². The standard InChI is InChI=1S/C22H28N2O4/c1-6-27-19-12-10-16(11-13-19)15-24(5)20(25)17-8-7-9-18(14-17)23-21(26)28-22(2,3)4/h7-14H,6,15H2,1-5H3,(H,23,26). The Morgan fingerprint density at radius 2 is 1.75 bits per heavy atom. The molecule has 0 saturated heterocycles. The molecule has 0 aromatic heterocycles. The second-order valence-corrected chi connectivity index (χ2v) is 7.45. The number of rotatable bonds is 6. The van der Waals surface area contributed by atoms with E-state index in [2.05, 4.69) is 5.32 Å². The summed E-state index contributed by atoms with van der Waals surface area (Å²) in [5.74, 6) is 0.669. The molecule has 0 aliphatic carbocycles. The van der Waals surface area contributed by atoms with E-state index in [0.717, 1.165) is 11.3 Å². The van der Waals surface area contributed by atoms with Gasteiger partial charge in [0.25, 0.3) is 5.91 Å². The quantitative estimate of drug-likeness (QED) is 0.783. The van der Waals surface area contributed by atoms with Crippen molar-refractivity contribution in [3.05, 3.63) is 59.7 Å². The summed E-state index contributed by atoms with van der Waals surface area (Å²) in [5.41, 5.74) is 1.41. The molecule has 0 bridgehead atoms. The van der Waals surface area contributed by atoms with Crippen molar-refractivity contribution in [3.8, 4) is 5.75 Å². The molecule has 28 heavy (non-hydrogen) atoms. The van der Waals surface area contributed by atoms with Gasteiger partial charge in [0.15, 0.2) is 0 Å². The molecule has 0 aliphatic heterocycles. The van der Waals surface area contributed by atoms with Gasteiger partial charge in [-0.15, -0.1) is 0 Å². The lowest BCUT2D eigenvalue weighted by Gasteiger charge is -2.20. The van der Waals surface area contributed by atoms with Crippen LogP contribution in [-0.4, -0.2) is 36.2 Å². The topological polar surface area (TPSA) is 67.9 Å². The number of carbonyl (C=O) groups is 2. The molecule has 0 aliphatic rings. The van der Waals surface area contributed by atoms with Gasteiger partial charge in [0.1, 0.15) is 11.4 Å². The van der Waals surface area contributed by atoms with Gasteiger partial charge in [-0.05, 0) is 63.6 Å². The number of nitrogens with zero attached hydrogens (tertiary/aromatic N) is 1. The number of carbonyl (C=O) groups excluding carboxylic acids is 2. The number of hydrogen-bond donors (Lipinski definition) is 1. The van der Waals surface area contributed by atoms with Crippen LogP contribution in [0.25, 0.3) is 0 Å². The van der Waals surface area contributed by atoms with Crippen LogP contribution < -0.4 is 10.1 Å². The number of anilines is 1. The molecule has 0 saturated carbocycles. The minimum Gasteiger partial charge on any atom is -0.494 e. The molecule has 0 spiro atoms. The van der Waals surface area contributed by atoms with Crippen molar-refractivity contribution in [1.29, 1.82) is 0 Å². The first-order valence-electron chi connectivity index (χ1n) is 9.25. The minimum atomic E-state index is -0.588. The maximum absolute atomic E-state index is 12.7. The van der Waals surface area contributed by atoms with E-state index >= 15 is 0 Å². The monoisotopic (exact) mass is 384 g/mol. The van der Waals surface area contributed by atoms with Gasteiger partial charge in [-0.3, -0.25) is 10.1 Å². The molecule has 150 valence electrons. The fraction of sp³-hybridized carbons (Fsp3) is 0.364.